The van der Waals surface area contributed by atoms with E-state index in [4.69, 9.17) is 4.74 Å². The highest BCUT2D eigenvalue weighted by Crippen LogP contribution is 2.21. The van der Waals surface area contributed by atoms with Crippen molar-refractivity contribution in [3.05, 3.63) is 0 Å². The summed E-state index contributed by atoms with van der Waals surface area (Å²) in [6.45, 7) is 5.83. The Labute approximate surface area is 110 Å². The fourth-order valence-corrected chi connectivity index (χ4v) is 3.74. The SMILES string of the molecule is CC(=O)C1CCCCN1S(=O)(=O)CCOC(C)C. The smallest absolute Gasteiger partial charge is 0.217 e. The average Bonchev–Trinajstić information content (AvgIpc) is 2.28. The van der Waals surface area contributed by atoms with Gasteiger partial charge >= 0.3 is 0 Å². The van der Waals surface area contributed by atoms with Crippen LogP contribution in [0.2, 0.25) is 0 Å². The molecule has 0 saturated carbocycles. The number of carbonyl (C=O) groups is 1. The van der Waals surface area contributed by atoms with Crippen molar-refractivity contribution in [2.45, 2.75) is 52.2 Å². The first-order valence-electron chi connectivity index (χ1n) is 6.46. The Morgan fingerprint density at radius 3 is 2.61 bits per heavy atom. The maximum atomic E-state index is 12.2. The first kappa shape index (κ1) is 15.6. The van der Waals surface area contributed by atoms with E-state index in [1.807, 2.05) is 13.8 Å². The fourth-order valence-electron chi connectivity index (χ4n) is 2.15. The molecule has 0 bridgehead atoms. The lowest BCUT2D eigenvalue weighted by molar-refractivity contribution is -0.121. The summed E-state index contributed by atoms with van der Waals surface area (Å²) < 4.78 is 31.0. The van der Waals surface area contributed by atoms with E-state index in [0.717, 1.165) is 12.8 Å². The van der Waals surface area contributed by atoms with E-state index in [-0.39, 0.29) is 24.2 Å². The second-order valence-corrected chi connectivity index (χ2v) is 7.01. The highest BCUT2D eigenvalue weighted by Gasteiger charge is 2.34. The number of piperidine rings is 1. The summed E-state index contributed by atoms with van der Waals surface area (Å²) in [6, 6.07) is -0.470. The zero-order chi connectivity index (χ0) is 13.8. The molecule has 1 aliphatic rings. The predicted molar refractivity (Wildman–Crippen MR) is 69.9 cm³/mol. The maximum Gasteiger partial charge on any atom is 0.217 e. The number of hydrogen-bond acceptors (Lipinski definition) is 4. The molecule has 106 valence electrons. The van der Waals surface area contributed by atoms with Crippen LogP contribution < -0.4 is 0 Å². The van der Waals surface area contributed by atoms with E-state index < -0.39 is 16.1 Å². The monoisotopic (exact) mass is 277 g/mol. The van der Waals surface area contributed by atoms with Crippen molar-refractivity contribution in [1.82, 2.24) is 4.31 Å². The maximum absolute atomic E-state index is 12.2. The first-order chi connectivity index (χ1) is 8.34. The Hall–Kier alpha value is -0.460. The number of carbonyl (C=O) groups excluding carboxylic acids is 1. The molecular formula is C12H23NO4S. The van der Waals surface area contributed by atoms with Crippen LogP contribution in [0.3, 0.4) is 0 Å². The minimum Gasteiger partial charge on any atom is -0.378 e. The van der Waals surface area contributed by atoms with Crippen LogP contribution in [-0.4, -0.2) is 49.6 Å². The normalized spacial score (nSPS) is 22.3. The fraction of sp³-hybridized carbons (Fsp3) is 0.917. The van der Waals surface area contributed by atoms with Crippen LogP contribution in [0.5, 0.6) is 0 Å². The number of Topliss-reactive ketones (excluding diaryl/α,β-unsaturated/α-hetero) is 1. The molecule has 0 N–H and O–H groups in total. The Morgan fingerprint density at radius 2 is 2.06 bits per heavy atom. The van der Waals surface area contributed by atoms with Crippen molar-refractivity contribution < 1.29 is 17.9 Å². The van der Waals surface area contributed by atoms with Gasteiger partial charge in [-0.2, -0.15) is 4.31 Å². The van der Waals surface area contributed by atoms with Crippen LogP contribution in [0, 0.1) is 0 Å². The molecule has 1 fully saturated rings. The number of ether oxygens (including phenoxy) is 1. The van der Waals surface area contributed by atoms with Gasteiger partial charge < -0.3 is 4.74 Å². The topological polar surface area (TPSA) is 63.7 Å². The molecule has 1 rings (SSSR count). The molecule has 1 atom stereocenters. The van der Waals surface area contributed by atoms with E-state index >= 15 is 0 Å². The number of ketones is 1. The summed E-state index contributed by atoms with van der Waals surface area (Å²) in [5.74, 6) is -0.113. The predicted octanol–water partition coefficient (Wildman–Crippen LogP) is 1.18. The van der Waals surface area contributed by atoms with Gasteiger partial charge in [-0.15, -0.1) is 0 Å². The zero-order valence-electron chi connectivity index (χ0n) is 11.4. The van der Waals surface area contributed by atoms with E-state index in [2.05, 4.69) is 0 Å². The minimum atomic E-state index is -3.39. The molecular weight excluding hydrogens is 254 g/mol. The largest absolute Gasteiger partial charge is 0.378 e. The lowest BCUT2D eigenvalue weighted by atomic mass is 10.0. The third-order valence-corrected chi connectivity index (χ3v) is 4.91. The second-order valence-electron chi connectivity index (χ2n) is 4.97. The van der Waals surface area contributed by atoms with Gasteiger partial charge in [-0.05, 0) is 33.6 Å². The zero-order valence-corrected chi connectivity index (χ0v) is 12.2. The lowest BCUT2D eigenvalue weighted by Gasteiger charge is -2.33. The van der Waals surface area contributed by atoms with Crippen LogP contribution in [0.4, 0.5) is 0 Å². The highest BCUT2D eigenvalue weighted by molar-refractivity contribution is 7.89. The van der Waals surface area contributed by atoms with Crippen LogP contribution in [-0.2, 0) is 19.6 Å². The third-order valence-electron chi connectivity index (χ3n) is 3.07. The minimum absolute atomic E-state index is 0.0187. The van der Waals surface area contributed by atoms with Crippen molar-refractivity contribution in [2.24, 2.45) is 0 Å². The Balaban J connectivity index is 2.66. The second kappa shape index (κ2) is 6.63. The molecule has 0 aromatic heterocycles. The molecule has 0 radical (unpaired) electrons. The molecule has 0 spiro atoms. The van der Waals surface area contributed by atoms with Gasteiger partial charge in [0.25, 0.3) is 0 Å². The lowest BCUT2D eigenvalue weighted by Crippen LogP contribution is -2.48. The summed E-state index contributed by atoms with van der Waals surface area (Å²) in [6.07, 6.45) is 2.40. The van der Waals surface area contributed by atoms with Crippen LogP contribution >= 0.6 is 0 Å². The Kier molecular flexibility index (Phi) is 5.75. The molecule has 0 aromatic rings. The van der Waals surface area contributed by atoms with Gasteiger partial charge in [-0.25, -0.2) is 8.42 Å². The van der Waals surface area contributed by atoms with Gasteiger partial charge in [0.15, 0.2) is 0 Å². The molecule has 18 heavy (non-hydrogen) atoms. The molecule has 0 aliphatic carbocycles. The van der Waals surface area contributed by atoms with E-state index in [9.17, 15) is 13.2 Å². The Bertz CT molecular complexity index is 378. The Morgan fingerprint density at radius 1 is 1.39 bits per heavy atom. The van der Waals surface area contributed by atoms with Crippen LogP contribution in [0.15, 0.2) is 0 Å². The molecule has 1 saturated heterocycles. The third kappa shape index (κ3) is 4.33. The van der Waals surface area contributed by atoms with Gasteiger partial charge in [0.1, 0.15) is 5.78 Å². The van der Waals surface area contributed by atoms with Crippen molar-refractivity contribution >= 4 is 15.8 Å². The first-order valence-corrected chi connectivity index (χ1v) is 8.07. The van der Waals surface area contributed by atoms with Crippen molar-refractivity contribution in [1.29, 1.82) is 0 Å². The molecule has 0 amide bonds. The number of sulfonamides is 1. The summed E-state index contributed by atoms with van der Waals surface area (Å²) in [7, 11) is -3.39. The molecule has 1 heterocycles. The molecule has 1 unspecified atom stereocenters. The summed E-state index contributed by atoms with van der Waals surface area (Å²) in [5, 5.41) is 0. The number of rotatable bonds is 6. The molecule has 0 aromatic carbocycles. The van der Waals surface area contributed by atoms with Gasteiger partial charge in [-0.1, -0.05) is 6.42 Å². The van der Waals surface area contributed by atoms with Crippen LogP contribution in [0.1, 0.15) is 40.0 Å². The average molecular weight is 277 g/mol. The molecule has 5 nitrogen and oxygen atoms in total. The standard InChI is InChI=1S/C12H23NO4S/c1-10(2)17-8-9-18(15,16)13-7-5-4-6-12(13)11(3)14/h10,12H,4-9H2,1-3H3. The van der Waals surface area contributed by atoms with Gasteiger partial charge in [0.2, 0.25) is 10.0 Å². The van der Waals surface area contributed by atoms with Gasteiger partial charge in [0, 0.05) is 6.54 Å². The van der Waals surface area contributed by atoms with Crippen LogP contribution in [0.25, 0.3) is 0 Å². The quantitative estimate of drug-likeness (QED) is 0.731. The van der Waals surface area contributed by atoms with Crippen molar-refractivity contribution in [3.63, 3.8) is 0 Å². The molecule has 1 aliphatic heterocycles. The number of nitrogens with zero attached hydrogens (tertiary/aromatic N) is 1. The molecule has 6 heteroatoms. The van der Waals surface area contributed by atoms with Gasteiger partial charge in [0.05, 0.1) is 24.5 Å². The highest BCUT2D eigenvalue weighted by atomic mass is 32.2. The van der Waals surface area contributed by atoms with E-state index in [0.29, 0.717) is 13.0 Å². The summed E-state index contributed by atoms with van der Waals surface area (Å²) in [4.78, 5) is 11.5. The summed E-state index contributed by atoms with van der Waals surface area (Å²) >= 11 is 0. The van der Waals surface area contributed by atoms with Crippen molar-refractivity contribution in [2.75, 3.05) is 18.9 Å². The van der Waals surface area contributed by atoms with Crippen molar-refractivity contribution in [3.8, 4) is 0 Å². The number of hydrogen-bond donors (Lipinski definition) is 0. The van der Waals surface area contributed by atoms with E-state index in [1.54, 1.807) is 0 Å². The van der Waals surface area contributed by atoms with E-state index in [1.165, 1.54) is 11.2 Å². The summed E-state index contributed by atoms with van der Waals surface area (Å²) in [5.41, 5.74) is 0. The van der Waals surface area contributed by atoms with Gasteiger partial charge in [-0.3, -0.25) is 4.79 Å².